The Morgan fingerprint density at radius 1 is 0.857 bits per heavy atom. The Hall–Kier alpha value is 0.623. The Bertz CT molecular complexity index is 25.7. The minimum absolute atomic E-state index is 0.750. The molecule has 0 radical (unpaired) electrons. The van der Waals surface area contributed by atoms with Crippen LogP contribution in [0.2, 0.25) is 15.0 Å². The third-order valence-electron chi connectivity index (χ3n) is 2.12. The van der Waals surface area contributed by atoms with Gasteiger partial charge in [0.05, 0.1) is 0 Å². The van der Waals surface area contributed by atoms with Gasteiger partial charge in [0.1, 0.15) is 0 Å². The molecule has 0 unspecified atom stereocenters. The molecule has 0 rings (SSSR count). The zero-order valence-corrected chi connectivity index (χ0v) is 8.80. The van der Waals surface area contributed by atoms with Gasteiger partial charge in [-0.2, -0.15) is 0 Å². The van der Waals surface area contributed by atoms with E-state index in [1.165, 1.54) is 0 Å². The van der Waals surface area contributed by atoms with Gasteiger partial charge in [0, 0.05) is 0 Å². The Kier molecular flexibility index (Phi) is 5.20. The second-order valence-corrected chi connectivity index (χ2v) is 13.3. The fraction of sp³-hybridized carbons (Fsp3) is 1.00. The Morgan fingerprint density at radius 3 is 1.14 bits per heavy atom. The van der Waals surface area contributed by atoms with E-state index in [0.717, 1.165) is 0 Å². The molecule has 0 amide bonds. The first-order valence-corrected chi connectivity index (χ1v) is 9.92. The predicted molar refractivity (Wildman–Crippen MR) is 31.4 cm³/mol. The molecule has 0 nitrogen and oxygen atoms in total. The standard InChI is InChI=1S/3C2H5.Zn/c3*1-2;/h3*1H2,2H3;. The van der Waals surface area contributed by atoms with Crippen LogP contribution < -0.4 is 0 Å². The fourth-order valence-corrected chi connectivity index (χ4v) is 5.51. The summed E-state index contributed by atoms with van der Waals surface area (Å²) in [4.78, 5) is 0. The molecule has 0 saturated heterocycles. The molecule has 0 aromatic carbocycles. The van der Waals surface area contributed by atoms with Crippen LogP contribution in [0.4, 0.5) is 0 Å². The summed E-state index contributed by atoms with van der Waals surface area (Å²) in [7, 11) is 0. The zero-order valence-electron chi connectivity index (χ0n) is 5.83. The predicted octanol–water partition coefficient (Wildman–Crippen LogP) is 2.92. The van der Waals surface area contributed by atoms with E-state index in [4.69, 9.17) is 0 Å². The average Bonchev–Trinajstić information content (AvgIpc) is 1.72. The summed E-state index contributed by atoms with van der Waals surface area (Å²) in [6.45, 7) is 7.06. The second kappa shape index (κ2) is 4.77. The van der Waals surface area contributed by atoms with Crippen molar-refractivity contribution < 1.29 is 16.0 Å². The molecule has 0 aromatic heterocycles. The summed E-state index contributed by atoms with van der Waals surface area (Å²) in [5, 5.41) is 4.69. The Balaban J connectivity index is 2.99. The second-order valence-electron chi connectivity index (χ2n) is 2.56. The molecule has 0 heterocycles. The van der Waals surface area contributed by atoms with Crippen molar-refractivity contribution in [3.63, 3.8) is 0 Å². The SMILES string of the molecule is C[CH2][Zn]([CH2]C)[CH2]C. The molecule has 0 N–H and O–H groups in total. The molecule has 0 aliphatic heterocycles. The third-order valence-corrected chi connectivity index (χ3v) is 11.0. The quantitative estimate of drug-likeness (QED) is 0.546. The molecule has 1 heteroatoms. The van der Waals surface area contributed by atoms with E-state index in [1.54, 1.807) is 15.0 Å². The molecule has 0 aliphatic rings. The third kappa shape index (κ3) is 3.23. The van der Waals surface area contributed by atoms with Crippen LogP contribution in [0.25, 0.3) is 0 Å². The van der Waals surface area contributed by atoms with Crippen molar-refractivity contribution in [2.24, 2.45) is 0 Å². The van der Waals surface area contributed by atoms with Crippen LogP contribution in [0.3, 0.4) is 0 Å². The minimum atomic E-state index is -0.750. The Morgan fingerprint density at radius 2 is 1.14 bits per heavy atom. The normalized spacial score (nSPS) is 9.00. The van der Waals surface area contributed by atoms with Crippen LogP contribution in [-0.4, -0.2) is 0 Å². The molecule has 0 atom stereocenters. The van der Waals surface area contributed by atoms with E-state index in [9.17, 15) is 0 Å². The first-order valence-electron chi connectivity index (χ1n) is 3.62. The monoisotopic (exact) mass is 151 g/mol. The van der Waals surface area contributed by atoms with Gasteiger partial charge in [-0.05, 0) is 0 Å². The first-order chi connectivity index (χ1) is 3.35. The summed E-state index contributed by atoms with van der Waals surface area (Å²) in [5.41, 5.74) is 0. The molecule has 0 bridgehead atoms. The van der Waals surface area contributed by atoms with Crippen molar-refractivity contribution in [3.05, 3.63) is 0 Å². The van der Waals surface area contributed by atoms with Crippen LogP contribution in [-0.2, 0) is 16.0 Å². The molecular formula is C6H15Zn. The molecule has 0 fully saturated rings. The maximum atomic E-state index is 2.35. The molecule has 0 spiro atoms. The van der Waals surface area contributed by atoms with Crippen LogP contribution in [0.1, 0.15) is 20.8 Å². The van der Waals surface area contributed by atoms with Gasteiger partial charge in [0.2, 0.25) is 0 Å². The van der Waals surface area contributed by atoms with Gasteiger partial charge in [-0.3, -0.25) is 0 Å². The van der Waals surface area contributed by atoms with Gasteiger partial charge in [0.15, 0.2) is 0 Å². The fourth-order valence-electron chi connectivity index (χ4n) is 1.06. The van der Waals surface area contributed by atoms with Crippen LogP contribution in [0.5, 0.6) is 0 Å². The topological polar surface area (TPSA) is 0 Å². The van der Waals surface area contributed by atoms with Gasteiger partial charge in [-0.1, -0.05) is 0 Å². The van der Waals surface area contributed by atoms with E-state index >= 15 is 0 Å². The van der Waals surface area contributed by atoms with E-state index in [1.807, 2.05) is 0 Å². The van der Waals surface area contributed by atoms with Gasteiger partial charge < -0.3 is 0 Å². The molecule has 0 saturated carbocycles. The van der Waals surface area contributed by atoms with E-state index in [-0.39, 0.29) is 0 Å². The van der Waals surface area contributed by atoms with E-state index in [0.29, 0.717) is 0 Å². The molecule has 0 aliphatic carbocycles. The summed E-state index contributed by atoms with van der Waals surface area (Å²) >= 11 is -0.750. The van der Waals surface area contributed by atoms with Crippen molar-refractivity contribution in [3.8, 4) is 0 Å². The first kappa shape index (κ1) is 7.62. The maximum absolute atomic E-state index is 2.35. The van der Waals surface area contributed by atoms with Gasteiger partial charge in [0.25, 0.3) is 0 Å². The van der Waals surface area contributed by atoms with Gasteiger partial charge in [-0.15, -0.1) is 0 Å². The Labute approximate surface area is 52.2 Å². The van der Waals surface area contributed by atoms with E-state index in [2.05, 4.69) is 20.8 Å². The summed E-state index contributed by atoms with van der Waals surface area (Å²) in [5.74, 6) is 0. The summed E-state index contributed by atoms with van der Waals surface area (Å²) < 4.78 is 0. The van der Waals surface area contributed by atoms with Crippen molar-refractivity contribution >= 4 is 0 Å². The van der Waals surface area contributed by atoms with Crippen molar-refractivity contribution in [2.75, 3.05) is 0 Å². The molecule has 0 aromatic rings. The van der Waals surface area contributed by atoms with Gasteiger partial charge in [-0.25, -0.2) is 0 Å². The number of rotatable bonds is 3. The summed E-state index contributed by atoms with van der Waals surface area (Å²) in [6, 6.07) is 0. The summed E-state index contributed by atoms with van der Waals surface area (Å²) in [6.07, 6.45) is 0. The van der Waals surface area contributed by atoms with Crippen LogP contribution >= 0.6 is 0 Å². The van der Waals surface area contributed by atoms with Crippen molar-refractivity contribution in [1.29, 1.82) is 0 Å². The van der Waals surface area contributed by atoms with Crippen LogP contribution in [0, 0.1) is 0 Å². The van der Waals surface area contributed by atoms with E-state index < -0.39 is 16.0 Å². The van der Waals surface area contributed by atoms with Crippen LogP contribution in [0.15, 0.2) is 0 Å². The van der Waals surface area contributed by atoms with Gasteiger partial charge >= 0.3 is 51.8 Å². The number of hydrogen-bond donors (Lipinski definition) is 0. The zero-order chi connectivity index (χ0) is 5.70. The molecule has 7 heavy (non-hydrogen) atoms. The molecular weight excluding hydrogens is 137 g/mol. The average molecular weight is 153 g/mol. The van der Waals surface area contributed by atoms with Crippen molar-refractivity contribution in [1.82, 2.24) is 0 Å². The number of hydrogen-bond acceptors (Lipinski definition) is 0. The molecule has 41 valence electrons. The van der Waals surface area contributed by atoms with Crippen molar-refractivity contribution in [2.45, 2.75) is 35.8 Å².